The van der Waals surface area contributed by atoms with Crippen LogP contribution in [0.5, 0.6) is 0 Å². The molecule has 0 amide bonds. The molecule has 1 nitrogen and oxygen atoms in total. The smallest absolute Gasteiger partial charge is 0.101 e. The molecular weight excluding hydrogens is 124 g/mol. The SMILES string of the molecule is CCCC/C=C/C=C/C[O]. The minimum Gasteiger partial charge on any atom is -0.232 e. The first kappa shape index (κ1) is 9.44. The van der Waals surface area contributed by atoms with E-state index in [1.165, 1.54) is 12.8 Å². The molecule has 10 heavy (non-hydrogen) atoms. The van der Waals surface area contributed by atoms with E-state index < -0.39 is 0 Å². The molecule has 0 atom stereocenters. The van der Waals surface area contributed by atoms with E-state index in [0.29, 0.717) is 0 Å². The van der Waals surface area contributed by atoms with Crippen LogP contribution < -0.4 is 0 Å². The van der Waals surface area contributed by atoms with Gasteiger partial charge in [-0.2, -0.15) is 0 Å². The van der Waals surface area contributed by atoms with E-state index in [1.54, 1.807) is 6.08 Å². The number of allylic oxidation sites excluding steroid dienone is 3. The van der Waals surface area contributed by atoms with Crippen molar-refractivity contribution in [1.29, 1.82) is 0 Å². The lowest BCUT2D eigenvalue weighted by molar-refractivity contribution is 0.232. The van der Waals surface area contributed by atoms with Gasteiger partial charge in [0.1, 0.15) is 6.61 Å². The zero-order valence-electron chi connectivity index (χ0n) is 6.55. The topological polar surface area (TPSA) is 19.9 Å². The highest BCUT2D eigenvalue weighted by Crippen LogP contribution is 1.94. The highest BCUT2D eigenvalue weighted by molar-refractivity contribution is 5.01. The van der Waals surface area contributed by atoms with Crippen LogP contribution >= 0.6 is 0 Å². The predicted octanol–water partition coefficient (Wildman–Crippen LogP) is 2.72. The van der Waals surface area contributed by atoms with E-state index in [2.05, 4.69) is 13.0 Å². The summed E-state index contributed by atoms with van der Waals surface area (Å²) in [6, 6.07) is 0. The molecule has 1 radical (unpaired) electrons. The molecule has 0 aromatic carbocycles. The number of hydrogen-bond donors (Lipinski definition) is 0. The predicted molar refractivity (Wildman–Crippen MR) is 43.4 cm³/mol. The second-order valence-corrected chi connectivity index (χ2v) is 2.17. The molecule has 0 saturated heterocycles. The minimum absolute atomic E-state index is 0.113. The second-order valence-electron chi connectivity index (χ2n) is 2.17. The van der Waals surface area contributed by atoms with Gasteiger partial charge in [0.05, 0.1) is 0 Å². The quantitative estimate of drug-likeness (QED) is 0.412. The summed E-state index contributed by atoms with van der Waals surface area (Å²) in [5.74, 6) is 0. The van der Waals surface area contributed by atoms with Crippen molar-refractivity contribution in [2.45, 2.75) is 26.2 Å². The van der Waals surface area contributed by atoms with Gasteiger partial charge >= 0.3 is 0 Å². The van der Waals surface area contributed by atoms with Gasteiger partial charge in [-0.15, -0.1) is 0 Å². The van der Waals surface area contributed by atoms with E-state index >= 15 is 0 Å². The molecule has 0 heterocycles. The summed E-state index contributed by atoms with van der Waals surface area (Å²) in [4.78, 5) is 0. The van der Waals surface area contributed by atoms with Crippen molar-refractivity contribution in [2.75, 3.05) is 6.61 Å². The first-order chi connectivity index (χ1) is 4.91. The highest BCUT2D eigenvalue weighted by atomic mass is 16.2. The van der Waals surface area contributed by atoms with Crippen molar-refractivity contribution < 1.29 is 5.11 Å². The fraction of sp³-hybridized carbons (Fsp3) is 0.556. The van der Waals surface area contributed by atoms with E-state index in [0.717, 1.165) is 6.42 Å². The lowest BCUT2D eigenvalue weighted by Crippen LogP contribution is -1.67. The van der Waals surface area contributed by atoms with Crippen molar-refractivity contribution in [3.05, 3.63) is 24.3 Å². The Labute approximate surface area is 63.1 Å². The average Bonchev–Trinajstić information content (AvgIpc) is 1.97. The van der Waals surface area contributed by atoms with Gasteiger partial charge < -0.3 is 0 Å². The summed E-state index contributed by atoms with van der Waals surface area (Å²) in [5, 5.41) is 9.90. The fourth-order valence-corrected chi connectivity index (χ4v) is 0.631. The van der Waals surface area contributed by atoms with Gasteiger partial charge in [0.15, 0.2) is 0 Å². The van der Waals surface area contributed by atoms with Gasteiger partial charge in [0.2, 0.25) is 0 Å². The van der Waals surface area contributed by atoms with E-state index in [-0.39, 0.29) is 6.61 Å². The molecule has 0 aliphatic heterocycles. The normalized spacial score (nSPS) is 11.8. The molecule has 0 fully saturated rings. The zero-order chi connectivity index (χ0) is 7.66. The third-order valence-electron chi connectivity index (χ3n) is 1.20. The minimum atomic E-state index is -0.113. The maximum atomic E-state index is 9.90. The third kappa shape index (κ3) is 7.44. The van der Waals surface area contributed by atoms with Crippen LogP contribution in [0.1, 0.15) is 26.2 Å². The van der Waals surface area contributed by atoms with Gasteiger partial charge in [-0.3, -0.25) is 0 Å². The van der Waals surface area contributed by atoms with Crippen LogP contribution in [0.15, 0.2) is 24.3 Å². The summed E-state index contributed by atoms with van der Waals surface area (Å²) in [6.45, 7) is 2.05. The molecule has 57 valence electrons. The molecule has 0 rings (SSSR count). The summed E-state index contributed by atoms with van der Waals surface area (Å²) < 4.78 is 0. The number of unbranched alkanes of at least 4 members (excludes halogenated alkanes) is 2. The maximum absolute atomic E-state index is 9.90. The van der Waals surface area contributed by atoms with E-state index in [9.17, 15) is 5.11 Å². The van der Waals surface area contributed by atoms with Crippen molar-refractivity contribution in [2.24, 2.45) is 0 Å². The van der Waals surface area contributed by atoms with Crippen LogP contribution in [-0.2, 0) is 5.11 Å². The van der Waals surface area contributed by atoms with Crippen LogP contribution in [0.3, 0.4) is 0 Å². The molecule has 0 aromatic heterocycles. The standard InChI is InChI=1S/C9H15O/c1-2-3-4-5-6-7-8-9-10/h5-8H,2-4,9H2,1H3/b6-5+,8-7+. The first-order valence-electron chi connectivity index (χ1n) is 3.81. The Kier molecular flexibility index (Phi) is 7.97. The van der Waals surface area contributed by atoms with Crippen molar-refractivity contribution in [3.8, 4) is 0 Å². The maximum Gasteiger partial charge on any atom is 0.101 e. The zero-order valence-corrected chi connectivity index (χ0v) is 6.55. The molecule has 0 aliphatic rings. The molecule has 0 saturated carbocycles. The molecule has 0 N–H and O–H groups in total. The summed E-state index contributed by atoms with van der Waals surface area (Å²) in [6.07, 6.45) is 11.0. The molecule has 0 spiro atoms. The number of hydrogen-bond acceptors (Lipinski definition) is 0. The van der Waals surface area contributed by atoms with Crippen molar-refractivity contribution in [3.63, 3.8) is 0 Å². The Bertz CT molecular complexity index is 103. The molecule has 0 unspecified atom stereocenters. The summed E-state index contributed by atoms with van der Waals surface area (Å²) in [7, 11) is 0. The van der Waals surface area contributed by atoms with Gasteiger partial charge in [0.25, 0.3) is 0 Å². The fourth-order valence-electron chi connectivity index (χ4n) is 0.631. The third-order valence-corrected chi connectivity index (χ3v) is 1.20. The van der Waals surface area contributed by atoms with Gasteiger partial charge in [0, 0.05) is 0 Å². The van der Waals surface area contributed by atoms with Gasteiger partial charge in [-0.05, 0) is 6.42 Å². The van der Waals surface area contributed by atoms with E-state index in [1.807, 2.05) is 12.2 Å². The monoisotopic (exact) mass is 139 g/mol. The first-order valence-corrected chi connectivity index (χ1v) is 3.81. The van der Waals surface area contributed by atoms with Gasteiger partial charge in [-0.25, -0.2) is 5.11 Å². The van der Waals surface area contributed by atoms with Crippen LogP contribution in [0.4, 0.5) is 0 Å². The lowest BCUT2D eigenvalue weighted by atomic mass is 10.2. The lowest BCUT2D eigenvalue weighted by Gasteiger charge is -1.84. The largest absolute Gasteiger partial charge is 0.232 e. The molecule has 0 aliphatic carbocycles. The van der Waals surface area contributed by atoms with Crippen molar-refractivity contribution in [1.82, 2.24) is 0 Å². The summed E-state index contributed by atoms with van der Waals surface area (Å²) >= 11 is 0. The molecule has 0 aromatic rings. The Morgan fingerprint density at radius 1 is 1.20 bits per heavy atom. The average molecular weight is 139 g/mol. The van der Waals surface area contributed by atoms with E-state index in [4.69, 9.17) is 0 Å². The Hall–Kier alpha value is -0.560. The van der Waals surface area contributed by atoms with Crippen LogP contribution in [0.2, 0.25) is 0 Å². The Morgan fingerprint density at radius 3 is 2.50 bits per heavy atom. The highest BCUT2D eigenvalue weighted by Gasteiger charge is 1.74. The second kappa shape index (κ2) is 8.44. The van der Waals surface area contributed by atoms with Crippen LogP contribution in [-0.4, -0.2) is 6.61 Å². The summed E-state index contributed by atoms with van der Waals surface area (Å²) in [5.41, 5.74) is 0. The molecule has 1 heteroatoms. The van der Waals surface area contributed by atoms with Gasteiger partial charge in [-0.1, -0.05) is 44.1 Å². The Balaban J connectivity index is 3.11. The molecular formula is C9H15O. The van der Waals surface area contributed by atoms with Crippen molar-refractivity contribution >= 4 is 0 Å². The number of rotatable bonds is 5. The Morgan fingerprint density at radius 2 is 1.90 bits per heavy atom. The van der Waals surface area contributed by atoms with Crippen LogP contribution in [0.25, 0.3) is 0 Å². The van der Waals surface area contributed by atoms with Crippen LogP contribution in [0, 0.1) is 0 Å². The molecule has 0 bridgehead atoms.